The van der Waals surface area contributed by atoms with E-state index in [1.165, 1.54) is 0 Å². The fourth-order valence-corrected chi connectivity index (χ4v) is 3.27. The van der Waals surface area contributed by atoms with Crippen molar-refractivity contribution in [3.63, 3.8) is 0 Å². The van der Waals surface area contributed by atoms with Crippen LogP contribution < -0.4 is 15.1 Å². The fraction of sp³-hybridized carbons (Fsp3) is 0.0870. The van der Waals surface area contributed by atoms with Crippen molar-refractivity contribution >= 4 is 34.2 Å². The first-order valence-electron chi connectivity index (χ1n) is 8.82. The highest BCUT2D eigenvalue weighted by molar-refractivity contribution is 6.42. The molecular weight excluding hydrogens is 411 g/mol. The summed E-state index contributed by atoms with van der Waals surface area (Å²) < 4.78 is 16.5. The fourth-order valence-electron chi connectivity index (χ4n) is 2.95. The van der Waals surface area contributed by atoms with Crippen molar-refractivity contribution in [1.29, 1.82) is 0 Å². The van der Waals surface area contributed by atoms with E-state index in [0.29, 0.717) is 33.5 Å². The molecule has 146 valence electrons. The zero-order chi connectivity index (χ0) is 20.4. The van der Waals surface area contributed by atoms with Crippen LogP contribution in [0, 0.1) is 0 Å². The van der Waals surface area contributed by atoms with Crippen molar-refractivity contribution in [2.24, 2.45) is 0 Å². The third-order valence-electron chi connectivity index (χ3n) is 4.50. The van der Waals surface area contributed by atoms with Gasteiger partial charge >= 0.3 is 5.63 Å². The average molecular weight is 427 g/mol. The van der Waals surface area contributed by atoms with Gasteiger partial charge in [0, 0.05) is 11.5 Å². The lowest BCUT2D eigenvalue weighted by molar-refractivity contribution is 0.306. The van der Waals surface area contributed by atoms with E-state index in [-0.39, 0.29) is 0 Å². The summed E-state index contributed by atoms with van der Waals surface area (Å²) in [7, 11) is 1.60. The van der Waals surface area contributed by atoms with Crippen LogP contribution in [0.1, 0.15) is 5.56 Å². The summed E-state index contributed by atoms with van der Waals surface area (Å²) in [6, 6.07) is 19.8. The Hall–Kier alpha value is -2.95. The lowest BCUT2D eigenvalue weighted by Gasteiger charge is -2.09. The van der Waals surface area contributed by atoms with E-state index in [2.05, 4.69) is 0 Å². The van der Waals surface area contributed by atoms with Crippen molar-refractivity contribution in [3.8, 4) is 22.6 Å². The van der Waals surface area contributed by atoms with E-state index in [9.17, 15) is 4.79 Å². The van der Waals surface area contributed by atoms with Crippen LogP contribution in [0.5, 0.6) is 11.5 Å². The minimum atomic E-state index is -0.413. The quantitative estimate of drug-likeness (QED) is 0.348. The Morgan fingerprint density at radius 2 is 1.62 bits per heavy atom. The molecule has 0 aliphatic heterocycles. The summed E-state index contributed by atoms with van der Waals surface area (Å²) in [6.45, 7) is 0.316. The van der Waals surface area contributed by atoms with Crippen LogP contribution in [0.15, 0.2) is 75.9 Å². The molecule has 0 saturated heterocycles. The summed E-state index contributed by atoms with van der Waals surface area (Å²) in [5, 5.41) is 1.77. The van der Waals surface area contributed by atoms with Crippen LogP contribution in [-0.2, 0) is 6.61 Å². The first-order chi connectivity index (χ1) is 14.0. The van der Waals surface area contributed by atoms with Gasteiger partial charge in [-0.15, -0.1) is 0 Å². The monoisotopic (exact) mass is 426 g/mol. The molecule has 0 aliphatic carbocycles. The van der Waals surface area contributed by atoms with Crippen LogP contribution >= 0.6 is 23.2 Å². The van der Waals surface area contributed by atoms with Gasteiger partial charge in [0.2, 0.25) is 0 Å². The Morgan fingerprint density at radius 3 is 2.34 bits per heavy atom. The first kappa shape index (κ1) is 19.4. The number of benzene rings is 3. The Balaban J connectivity index is 1.59. The molecule has 0 radical (unpaired) electrons. The molecule has 4 rings (SSSR count). The van der Waals surface area contributed by atoms with Gasteiger partial charge in [-0.25, -0.2) is 4.79 Å². The number of ether oxygens (including phenoxy) is 2. The van der Waals surface area contributed by atoms with E-state index < -0.39 is 5.63 Å². The van der Waals surface area contributed by atoms with Crippen LogP contribution in [0.4, 0.5) is 0 Å². The van der Waals surface area contributed by atoms with Crippen LogP contribution in [0.2, 0.25) is 10.0 Å². The van der Waals surface area contributed by atoms with Gasteiger partial charge in [-0.2, -0.15) is 0 Å². The van der Waals surface area contributed by atoms with Crippen molar-refractivity contribution in [3.05, 3.63) is 92.8 Å². The average Bonchev–Trinajstić information content (AvgIpc) is 2.74. The smallest absolute Gasteiger partial charge is 0.344 e. The molecule has 0 bridgehead atoms. The molecule has 0 spiro atoms. The third-order valence-corrected chi connectivity index (χ3v) is 5.24. The lowest BCUT2D eigenvalue weighted by atomic mass is 10.1. The summed E-state index contributed by atoms with van der Waals surface area (Å²) in [5.41, 5.74) is 2.19. The maximum atomic E-state index is 12.5. The van der Waals surface area contributed by atoms with E-state index >= 15 is 0 Å². The summed E-state index contributed by atoms with van der Waals surface area (Å²) >= 11 is 12.0. The van der Waals surface area contributed by atoms with Gasteiger partial charge in [0.05, 0.1) is 22.7 Å². The molecule has 0 N–H and O–H groups in total. The molecule has 0 saturated carbocycles. The predicted molar refractivity (Wildman–Crippen MR) is 115 cm³/mol. The normalized spacial score (nSPS) is 10.9. The van der Waals surface area contributed by atoms with Gasteiger partial charge in [-0.1, -0.05) is 41.4 Å². The molecule has 0 amide bonds. The Labute approximate surface area is 177 Å². The first-order valence-corrected chi connectivity index (χ1v) is 9.58. The van der Waals surface area contributed by atoms with Gasteiger partial charge in [0.1, 0.15) is 23.7 Å². The highest BCUT2D eigenvalue weighted by Gasteiger charge is 2.09. The van der Waals surface area contributed by atoms with Gasteiger partial charge in [-0.3, -0.25) is 0 Å². The number of halogens is 2. The lowest BCUT2D eigenvalue weighted by Crippen LogP contribution is -2.03. The van der Waals surface area contributed by atoms with Crippen molar-refractivity contribution in [2.45, 2.75) is 6.61 Å². The maximum Gasteiger partial charge on any atom is 0.344 e. The minimum Gasteiger partial charge on any atom is -0.497 e. The summed E-state index contributed by atoms with van der Waals surface area (Å²) in [6.07, 6.45) is 0. The van der Waals surface area contributed by atoms with Gasteiger partial charge in [-0.05, 0) is 53.6 Å². The van der Waals surface area contributed by atoms with Crippen molar-refractivity contribution < 1.29 is 13.9 Å². The molecule has 0 unspecified atom stereocenters. The molecule has 1 heterocycles. The summed E-state index contributed by atoms with van der Waals surface area (Å²) in [5.74, 6) is 1.31. The standard InChI is InChI=1S/C23H16Cl2O4/c1-27-17-6-3-15(4-7-17)19-11-16-5-8-18(12-22(16)29-23(19)26)28-13-14-2-9-20(24)21(25)10-14/h2-12H,13H2,1H3. The molecule has 3 aromatic carbocycles. The van der Waals surface area contributed by atoms with E-state index in [0.717, 1.165) is 22.3 Å². The SMILES string of the molecule is COc1ccc(-c2cc3ccc(OCc4ccc(Cl)c(Cl)c4)cc3oc2=O)cc1. The predicted octanol–water partition coefficient (Wildman–Crippen LogP) is 6.35. The number of rotatable bonds is 5. The van der Waals surface area contributed by atoms with Crippen LogP contribution in [0.3, 0.4) is 0 Å². The molecule has 1 aromatic heterocycles. The molecule has 4 nitrogen and oxygen atoms in total. The van der Waals surface area contributed by atoms with Crippen molar-refractivity contribution in [2.75, 3.05) is 7.11 Å². The number of methoxy groups -OCH3 is 1. The molecule has 29 heavy (non-hydrogen) atoms. The number of hydrogen-bond acceptors (Lipinski definition) is 4. The Morgan fingerprint density at radius 1 is 0.862 bits per heavy atom. The molecule has 6 heteroatoms. The van der Waals surface area contributed by atoms with E-state index in [1.807, 2.05) is 36.4 Å². The second-order valence-electron chi connectivity index (χ2n) is 6.41. The highest BCUT2D eigenvalue weighted by atomic mass is 35.5. The van der Waals surface area contributed by atoms with Gasteiger partial charge in [0.25, 0.3) is 0 Å². The Bertz CT molecular complexity index is 1230. The van der Waals surface area contributed by atoms with Gasteiger partial charge in [0.15, 0.2) is 0 Å². The zero-order valence-corrected chi connectivity index (χ0v) is 17.0. The van der Waals surface area contributed by atoms with E-state index in [1.54, 1.807) is 37.4 Å². The zero-order valence-electron chi connectivity index (χ0n) is 15.4. The molecule has 0 aliphatic rings. The Kier molecular flexibility index (Phi) is 5.47. The highest BCUT2D eigenvalue weighted by Crippen LogP contribution is 2.27. The summed E-state index contributed by atoms with van der Waals surface area (Å²) in [4.78, 5) is 12.5. The van der Waals surface area contributed by atoms with E-state index in [4.69, 9.17) is 37.1 Å². The third kappa shape index (κ3) is 4.24. The second-order valence-corrected chi connectivity index (χ2v) is 7.23. The second kappa shape index (κ2) is 8.19. The minimum absolute atomic E-state index is 0.316. The van der Waals surface area contributed by atoms with Crippen LogP contribution in [0.25, 0.3) is 22.1 Å². The van der Waals surface area contributed by atoms with Crippen LogP contribution in [-0.4, -0.2) is 7.11 Å². The largest absolute Gasteiger partial charge is 0.497 e. The molecule has 0 fully saturated rings. The van der Waals surface area contributed by atoms with Gasteiger partial charge < -0.3 is 13.9 Å². The number of hydrogen-bond donors (Lipinski definition) is 0. The van der Waals surface area contributed by atoms with Crippen molar-refractivity contribution in [1.82, 2.24) is 0 Å². The molecular formula is C23H16Cl2O4. The maximum absolute atomic E-state index is 12.5. The topological polar surface area (TPSA) is 48.7 Å². The number of fused-ring (bicyclic) bond motifs is 1. The molecule has 0 atom stereocenters. The molecule has 4 aromatic rings.